The third-order valence-corrected chi connectivity index (χ3v) is 3.31. The maximum absolute atomic E-state index is 11.6. The summed E-state index contributed by atoms with van der Waals surface area (Å²) in [5.74, 6) is 0. The van der Waals surface area contributed by atoms with Gasteiger partial charge >= 0.3 is 6.09 Å². The van der Waals surface area contributed by atoms with Crippen molar-refractivity contribution in [1.29, 1.82) is 0 Å². The molecule has 0 heterocycles. The second-order valence-corrected chi connectivity index (χ2v) is 5.21. The van der Waals surface area contributed by atoms with Crippen molar-refractivity contribution in [3.05, 3.63) is 76.9 Å². The van der Waals surface area contributed by atoms with E-state index >= 15 is 0 Å². The minimum absolute atomic E-state index is 0.285. The largest absolute Gasteiger partial charge is 0.445 e. The van der Waals surface area contributed by atoms with Gasteiger partial charge in [-0.05, 0) is 30.5 Å². The van der Waals surface area contributed by atoms with Crippen LogP contribution in [0, 0.1) is 13.8 Å². The maximum atomic E-state index is 11.6. The molecule has 0 spiro atoms. The van der Waals surface area contributed by atoms with Crippen LogP contribution in [0.1, 0.15) is 22.3 Å². The van der Waals surface area contributed by atoms with Crippen LogP contribution in [-0.4, -0.2) is 12.6 Å². The zero-order valence-corrected chi connectivity index (χ0v) is 13.0. The van der Waals surface area contributed by atoms with Crippen molar-refractivity contribution in [3.63, 3.8) is 0 Å². The molecule has 3 heteroatoms. The SMILES string of the molecule is Cc1ccc(C)c(C=CCNC(=O)OCc2ccccc2)c1. The molecule has 114 valence electrons. The van der Waals surface area contributed by atoms with Crippen molar-refractivity contribution in [2.24, 2.45) is 0 Å². The quantitative estimate of drug-likeness (QED) is 0.896. The highest BCUT2D eigenvalue weighted by atomic mass is 16.5. The van der Waals surface area contributed by atoms with Crippen molar-refractivity contribution in [3.8, 4) is 0 Å². The van der Waals surface area contributed by atoms with Crippen LogP contribution in [0.25, 0.3) is 6.08 Å². The lowest BCUT2D eigenvalue weighted by Gasteiger charge is -2.05. The van der Waals surface area contributed by atoms with Crippen molar-refractivity contribution in [2.45, 2.75) is 20.5 Å². The third kappa shape index (κ3) is 5.09. The Morgan fingerprint density at radius 2 is 1.91 bits per heavy atom. The van der Waals surface area contributed by atoms with Crippen LogP contribution in [0.3, 0.4) is 0 Å². The van der Waals surface area contributed by atoms with Gasteiger partial charge in [-0.3, -0.25) is 0 Å². The van der Waals surface area contributed by atoms with E-state index in [0.29, 0.717) is 6.54 Å². The number of hydrogen-bond acceptors (Lipinski definition) is 2. The van der Waals surface area contributed by atoms with E-state index < -0.39 is 6.09 Å². The summed E-state index contributed by atoms with van der Waals surface area (Å²) >= 11 is 0. The van der Waals surface area contributed by atoms with E-state index in [-0.39, 0.29) is 6.61 Å². The van der Waals surface area contributed by atoms with Gasteiger partial charge in [-0.1, -0.05) is 66.2 Å². The number of alkyl carbamates (subject to hydrolysis) is 1. The molecule has 22 heavy (non-hydrogen) atoms. The lowest BCUT2D eigenvalue weighted by atomic mass is 10.1. The lowest BCUT2D eigenvalue weighted by Crippen LogP contribution is -2.24. The van der Waals surface area contributed by atoms with Gasteiger partial charge in [0, 0.05) is 6.54 Å². The average Bonchev–Trinajstić information content (AvgIpc) is 2.53. The topological polar surface area (TPSA) is 38.3 Å². The number of carbonyl (C=O) groups is 1. The Labute approximate surface area is 131 Å². The highest BCUT2D eigenvalue weighted by Crippen LogP contribution is 2.11. The molecule has 2 rings (SSSR count). The summed E-state index contributed by atoms with van der Waals surface area (Å²) < 4.78 is 5.14. The van der Waals surface area contributed by atoms with Crippen LogP contribution < -0.4 is 5.32 Å². The summed E-state index contributed by atoms with van der Waals surface area (Å²) in [5.41, 5.74) is 4.58. The molecule has 0 unspecified atom stereocenters. The number of rotatable bonds is 5. The fraction of sp³-hybridized carbons (Fsp3) is 0.211. The first-order valence-corrected chi connectivity index (χ1v) is 7.33. The molecule has 0 aliphatic carbocycles. The number of hydrogen-bond donors (Lipinski definition) is 1. The number of nitrogens with one attached hydrogen (secondary N) is 1. The van der Waals surface area contributed by atoms with Crippen molar-refractivity contribution in [1.82, 2.24) is 5.32 Å². The molecule has 0 saturated carbocycles. The Balaban J connectivity index is 1.75. The van der Waals surface area contributed by atoms with Crippen LogP contribution in [-0.2, 0) is 11.3 Å². The van der Waals surface area contributed by atoms with Crippen LogP contribution in [0.2, 0.25) is 0 Å². The van der Waals surface area contributed by atoms with Crippen molar-refractivity contribution < 1.29 is 9.53 Å². The summed E-state index contributed by atoms with van der Waals surface area (Å²) in [5, 5.41) is 2.71. The van der Waals surface area contributed by atoms with E-state index in [2.05, 4.69) is 37.4 Å². The first-order chi connectivity index (χ1) is 10.6. The highest BCUT2D eigenvalue weighted by molar-refractivity contribution is 5.67. The van der Waals surface area contributed by atoms with Crippen molar-refractivity contribution in [2.75, 3.05) is 6.54 Å². The Hall–Kier alpha value is -2.55. The van der Waals surface area contributed by atoms with E-state index in [9.17, 15) is 4.79 Å². The number of benzene rings is 2. The van der Waals surface area contributed by atoms with E-state index in [0.717, 1.165) is 5.56 Å². The van der Waals surface area contributed by atoms with Gasteiger partial charge in [-0.25, -0.2) is 4.79 Å². The third-order valence-electron chi connectivity index (χ3n) is 3.31. The fourth-order valence-electron chi connectivity index (χ4n) is 2.04. The molecule has 0 bridgehead atoms. The van der Waals surface area contributed by atoms with E-state index in [4.69, 9.17) is 4.74 Å². The second-order valence-electron chi connectivity index (χ2n) is 5.21. The summed E-state index contributed by atoms with van der Waals surface area (Å²) in [6.45, 7) is 4.87. The fourth-order valence-corrected chi connectivity index (χ4v) is 2.04. The smallest absolute Gasteiger partial charge is 0.407 e. The van der Waals surface area contributed by atoms with E-state index in [1.165, 1.54) is 16.7 Å². The van der Waals surface area contributed by atoms with Crippen LogP contribution in [0.5, 0.6) is 0 Å². The van der Waals surface area contributed by atoms with Gasteiger partial charge in [-0.15, -0.1) is 0 Å². The van der Waals surface area contributed by atoms with Gasteiger partial charge in [0.05, 0.1) is 0 Å². The number of aryl methyl sites for hydroxylation is 2. The second kappa shape index (κ2) is 8.03. The molecule has 0 aromatic heterocycles. The van der Waals surface area contributed by atoms with Crippen LogP contribution in [0.15, 0.2) is 54.6 Å². The minimum Gasteiger partial charge on any atom is -0.445 e. The minimum atomic E-state index is -0.408. The number of carbonyl (C=O) groups excluding carboxylic acids is 1. The molecule has 0 atom stereocenters. The summed E-state index contributed by atoms with van der Waals surface area (Å²) in [6, 6.07) is 15.9. The highest BCUT2D eigenvalue weighted by Gasteiger charge is 2.00. The monoisotopic (exact) mass is 295 g/mol. The molecule has 1 amide bonds. The zero-order valence-electron chi connectivity index (χ0n) is 13.0. The summed E-state index contributed by atoms with van der Waals surface area (Å²) in [6.07, 6.45) is 3.53. The average molecular weight is 295 g/mol. The molecule has 2 aromatic rings. The Morgan fingerprint density at radius 3 is 2.68 bits per heavy atom. The number of amides is 1. The Bertz CT molecular complexity index is 648. The van der Waals surface area contributed by atoms with Gasteiger partial charge in [0.25, 0.3) is 0 Å². The normalized spacial score (nSPS) is 10.6. The van der Waals surface area contributed by atoms with Gasteiger partial charge in [-0.2, -0.15) is 0 Å². The maximum Gasteiger partial charge on any atom is 0.407 e. The Kier molecular flexibility index (Phi) is 5.78. The van der Waals surface area contributed by atoms with Gasteiger partial charge in [0.15, 0.2) is 0 Å². The first-order valence-electron chi connectivity index (χ1n) is 7.33. The van der Waals surface area contributed by atoms with Gasteiger partial charge in [0.2, 0.25) is 0 Å². The van der Waals surface area contributed by atoms with Crippen LogP contribution in [0.4, 0.5) is 4.79 Å². The number of ether oxygens (including phenoxy) is 1. The lowest BCUT2D eigenvalue weighted by molar-refractivity contribution is 0.141. The first kappa shape index (κ1) is 15.8. The molecule has 0 aliphatic heterocycles. The molecular weight excluding hydrogens is 274 g/mol. The molecule has 0 aliphatic rings. The van der Waals surface area contributed by atoms with E-state index in [1.807, 2.05) is 42.5 Å². The standard InChI is InChI=1S/C19H21NO2/c1-15-10-11-16(2)18(13-15)9-6-12-20-19(21)22-14-17-7-4-3-5-8-17/h3-11,13H,12,14H2,1-2H3,(H,20,21). The predicted octanol–water partition coefficient (Wildman–Crippen LogP) is 4.24. The molecule has 3 nitrogen and oxygen atoms in total. The summed E-state index contributed by atoms with van der Waals surface area (Å²) in [7, 11) is 0. The molecule has 0 saturated heterocycles. The zero-order chi connectivity index (χ0) is 15.8. The van der Waals surface area contributed by atoms with Gasteiger partial charge in [0.1, 0.15) is 6.61 Å². The molecule has 2 aromatic carbocycles. The molecule has 1 N–H and O–H groups in total. The van der Waals surface area contributed by atoms with Crippen molar-refractivity contribution >= 4 is 12.2 Å². The molecule has 0 radical (unpaired) electrons. The van der Waals surface area contributed by atoms with E-state index in [1.54, 1.807) is 0 Å². The van der Waals surface area contributed by atoms with Crippen LogP contribution >= 0.6 is 0 Å². The predicted molar refractivity (Wildman–Crippen MR) is 89.6 cm³/mol. The molecular formula is C19H21NO2. The molecule has 0 fully saturated rings. The van der Waals surface area contributed by atoms with Gasteiger partial charge < -0.3 is 10.1 Å². The Morgan fingerprint density at radius 1 is 1.14 bits per heavy atom. The summed E-state index contributed by atoms with van der Waals surface area (Å²) in [4.78, 5) is 11.6.